The number of ether oxygens (including phenoxy) is 1. The highest BCUT2D eigenvalue weighted by atomic mass is 35.5. The molecule has 2 N–H and O–H groups in total. The SMILES string of the molecule is O=C(N[C@@H]1C[C@@H]1c1cccc(Cl)c1)N[C@@H]1C[C@H]2CC[C@H]1O2. The summed E-state index contributed by atoms with van der Waals surface area (Å²) < 4.78 is 5.75. The van der Waals surface area contributed by atoms with Crippen molar-refractivity contribution in [1.82, 2.24) is 10.6 Å². The fourth-order valence-electron chi connectivity index (χ4n) is 3.63. The molecule has 1 saturated carbocycles. The number of nitrogens with one attached hydrogen (secondary N) is 2. The lowest BCUT2D eigenvalue weighted by Crippen LogP contribution is -2.47. The fourth-order valence-corrected chi connectivity index (χ4v) is 3.83. The molecule has 2 aliphatic heterocycles. The lowest BCUT2D eigenvalue weighted by Gasteiger charge is -2.20. The number of amides is 2. The second-order valence-corrected chi connectivity index (χ2v) is 6.77. The summed E-state index contributed by atoms with van der Waals surface area (Å²) in [5, 5.41) is 6.88. The second-order valence-electron chi connectivity index (χ2n) is 6.34. The van der Waals surface area contributed by atoms with E-state index in [2.05, 4.69) is 16.7 Å². The van der Waals surface area contributed by atoms with Crippen molar-refractivity contribution in [2.75, 3.05) is 0 Å². The molecular weight excluding hydrogens is 288 g/mol. The van der Waals surface area contributed by atoms with Crippen LogP contribution in [0.2, 0.25) is 5.02 Å². The molecule has 112 valence electrons. The van der Waals surface area contributed by atoms with E-state index in [0.29, 0.717) is 12.0 Å². The van der Waals surface area contributed by atoms with Gasteiger partial charge in [0, 0.05) is 17.0 Å². The summed E-state index contributed by atoms with van der Waals surface area (Å²) in [6, 6.07) is 8.23. The van der Waals surface area contributed by atoms with E-state index in [1.807, 2.05) is 18.2 Å². The van der Waals surface area contributed by atoms with Gasteiger partial charge in [-0.2, -0.15) is 0 Å². The van der Waals surface area contributed by atoms with Gasteiger partial charge in [-0.15, -0.1) is 0 Å². The van der Waals surface area contributed by atoms with E-state index < -0.39 is 0 Å². The quantitative estimate of drug-likeness (QED) is 0.902. The number of carbonyl (C=O) groups excluding carboxylic acids is 1. The summed E-state index contributed by atoms with van der Waals surface area (Å²) in [4.78, 5) is 12.1. The number of carbonyl (C=O) groups is 1. The fraction of sp³-hybridized carbons (Fsp3) is 0.562. The van der Waals surface area contributed by atoms with Crippen molar-refractivity contribution >= 4 is 17.6 Å². The molecule has 3 aliphatic rings. The number of hydrogen-bond acceptors (Lipinski definition) is 2. The molecule has 5 atom stereocenters. The third-order valence-electron chi connectivity index (χ3n) is 4.81. The molecule has 0 spiro atoms. The normalized spacial score (nSPS) is 36.5. The Morgan fingerprint density at radius 1 is 1.19 bits per heavy atom. The van der Waals surface area contributed by atoms with Gasteiger partial charge >= 0.3 is 6.03 Å². The van der Waals surface area contributed by atoms with Crippen molar-refractivity contribution in [1.29, 1.82) is 0 Å². The maximum Gasteiger partial charge on any atom is 0.315 e. The molecule has 2 bridgehead atoms. The highest BCUT2D eigenvalue weighted by molar-refractivity contribution is 6.30. The number of fused-ring (bicyclic) bond motifs is 2. The Labute approximate surface area is 129 Å². The predicted octanol–water partition coefficient (Wildman–Crippen LogP) is 2.82. The van der Waals surface area contributed by atoms with Crippen LogP contribution in [0.5, 0.6) is 0 Å². The Bertz CT molecular complexity index is 565. The van der Waals surface area contributed by atoms with Crippen molar-refractivity contribution in [3.8, 4) is 0 Å². The van der Waals surface area contributed by atoms with Gasteiger partial charge < -0.3 is 15.4 Å². The van der Waals surface area contributed by atoms with Crippen LogP contribution >= 0.6 is 11.6 Å². The molecule has 1 aromatic rings. The summed E-state index contributed by atoms with van der Waals surface area (Å²) in [6.45, 7) is 0. The van der Waals surface area contributed by atoms with Gasteiger partial charge in [-0.1, -0.05) is 23.7 Å². The first-order chi connectivity index (χ1) is 10.2. The number of rotatable bonds is 3. The second kappa shape index (κ2) is 5.18. The first-order valence-corrected chi connectivity index (χ1v) is 8.05. The molecule has 5 heteroatoms. The van der Waals surface area contributed by atoms with E-state index >= 15 is 0 Å². The first-order valence-electron chi connectivity index (χ1n) is 7.67. The van der Waals surface area contributed by atoms with Gasteiger partial charge in [-0.05, 0) is 43.4 Å². The lowest BCUT2D eigenvalue weighted by atomic mass is 9.96. The van der Waals surface area contributed by atoms with Gasteiger partial charge in [-0.3, -0.25) is 0 Å². The Kier molecular flexibility index (Phi) is 3.31. The molecule has 0 aromatic heterocycles. The smallest absolute Gasteiger partial charge is 0.315 e. The van der Waals surface area contributed by atoms with Crippen molar-refractivity contribution in [2.45, 2.75) is 55.9 Å². The van der Waals surface area contributed by atoms with E-state index in [1.54, 1.807) is 0 Å². The van der Waals surface area contributed by atoms with Gasteiger partial charge in [-0.25, -0.2) is 4.79 Å². The van der Waals surface area contributed by atoms with Crippen molar-refractivity contribution in [3.63, 3.8) is 0 Å². The zero-order valence-corrected chi connectivity index (χ0v) is 12.5. The topological polar surface area (TPSA) is 50.4 Å². The predicted molar refractivity (Wildman–Crippen MR) is 80.6 cm³/mol. The van der Waals surface area contributed by atoms with Crippen LogP contribution < -0.4 is 10.6 Å². The first kappa shape index (κ1) is 13.4. The third-order valence-corrected chi connectivity index (χ3v) is 5.04. The monoisotopic (exact) mass is 306 g/mol. The van der Waals surface area contributed by atoms with E-state index in [9.17, 15) is 4.79 Å². The number of hydrogen-bond donors (Lipinski definition) is 2. The van der Waals surface area contributed by atoms with Gasteiger partial charge in [0.25, 0.3) is 0 Å². The maximum absolute atomic E-state index is 12.1. The van der Waals surface area contributed by atoms with E-state index in [4.69, 9.17) is 16.3 Å². The van der Waals surface area contributed by atoms with Crippen LogP contribution in [0.1, 0.15) is 37.2 Å². The summed E-state index contributed by atoms with van der Waals surface area (Å²) >= 11 is 6.01. The van der Waals surface area contributed by atoms with Crippen molar-refractivity contribution < 1.29 is 9.53 Å². The van der Waals surface area contributed by atoms with E-state index in [0.717, 1.165) is 30.7 Å². The zero-order chi connectivity index (χ0) is 14.4. The van der Waals surface area contributed by atoms with Crippen LogP contribution in [-0.2, 0) is 4.74 Å². The van der Waals surface area contributed by atoms with Crippen LogP contribution in [0.4, 0.5) is 4.79 Å². The third kappa shape index (κ3) is 2.74. The number of benzene rings is 1. The highest BCUT2D eigenvalue weighted by Gasteiger charge is 2.43. The highest BCUT2D eigenvalue weighted by Crippen LogP contribution is 2.41. The Balaban J connectivity index is 1.29. The molecule has 1 aliphatic carbocycles. The molecule has 1 aromatic carbocycles. The van der Waals surface area contributed by atoms with Gasteiger partial charge in [0.05, 0.1) is 18.2 Å². The number of urea groups is 1. The summed E-state index contributed by atoms with van der Waals surface area (Å²) in [5.41, 5.74) is 1.20. The van der Waals surface area contributed by atoms with Crippen molar-refractivity contribution in [3.05, 3.63) is 34.9 Å². The Morgan fingerprint density at radius 2 is 2.05 bits per heavy atom. The largest absolute Gasteiger partial charge is 0.373 e. The molecule has 0 radical (unpaired) electrons. The molecular formula is C16H19ClN2O2. The van der Waals surface area contributed by atoms with Crippen LogP contribution in [0, 0.1) is 0 Å². The summed E-state index contributed by atoms with van der Waals surface area (Å²) in [7, 11) is 0. The average Bonchev–Trinajstić information content (AvgIpc) is 2.90. The summed E-state index contributed by atoms with van der Waals surface area (Å²) in [6.07, 6.45) is 4.75. The standard InChI is InChI=1S/C16H19ClN2O2/c17-10-3-1-2-9(6-10)12-8-13(12)18-16(20)19-14-7-11-4-5-15(14)21-11/h1-3,6,11-15H,4-5,7-8H2,(H2,18,19,20)/t11-,12-,13-,14-,15-/m1/s1. The molecule has 2 amide bonds. The Morgan fingerprint density at radius 3 is 2.76 bits per heavy atom. The van der Waals surface area contributed by atoms with Gasteiger partial charge in [0.1, 0.15) is 0 Å². The van der Waals surface area contributed by atoms with Crippen molar-refractivity contribution in [2.24, 2.45) is 0 Å². The van der Waals surface area contributed by atoms with Crippen LogP contribution in [-0.4, -0.2) is 30.3 Å². The van der Waals surface area contributed by atoms with Crippen LogP contribution in [0.25, 0.3) is 0 Å². The minimum atomic E-state index is -0.0642. The molecule has 0 unspecified atom stereocenters. The lowest BCUT2D eigenvalue weighted by molar-refractivity contribution is 0.0981. The van der Waals surface area contributed by atoms with E-state index in [1.165, 1.54) is 5.56 Å². The average molecular weight is 307 g/mol. The molecule has 2 heterocycles. The minimum Gasteiger partial charge on any atom is -0.373 e. The Hall–Kier alpha value is -1.26. The van der Waals surface area contributed by atoms with Crippen LogP contribution in [0.3, 0.4) is 0 Å². The molecule has 3 fully saturated rings. The molecule has 4 rings (SSSR count). The number of halogens is 1. The maximum atomic E-state index is 12.1. The molecule has 21 heavy (non-hydrogen) atoms. The summed E-state index contributed by atoms with van der Waals surface area (Å²) in [5.74, 6) is 0.394. The molecule has 4 nitrogen and oxygen atoms in total. The van der Waals surface area contributed by atoms with E-state index in [-0.39, 0.29) is 24.2 Å². The van der Waals surface area contributed by atoms with Gasteiger partial charge in [0.15, 0.2) is 0 Å². The van der Waals surface area contributed by atoms with Crippen LogP contribution in [0.15, 0.2) is 24.3 Å². The molecule has 2 saturated heterocycles. The minimum absolute atomic E-state index is 0.0642. The van der Waals surface area contributed by atoms with Gasteiger partial charge in [0.2, 0.25) is 0 Å². The zero-order valence-electron chi connectivity index (χ0n) is 11.7.